The highest BCUT2D eigenvalue weighted by atomic mass is 16.5. The quantitative estimate of drug-likeness (QED) is 0.640. The first kappa shape index (κ1) is 18.9. The molecule has 0 saturated carbocycles. The molecule has 0 bridgehead atoms. The van der Waals surface area contributed by atoms with Crippen LogP contribution in [0.3, 0.4) is 0 Å². The number of nitrogens with zero attached hydrogens (tertiary/aromatic N) is 4. The van der Waals surface area contributed by atoms with Crippen molar-refractivity contribution in [3.63, 3.8) is 0 Å². The molecule has 0 atom stereocenters. The van der Waals surface area contributed by atoms with Gasteiger partial charge in [-0.05, 0) is 38.1 Å². The Hall–Kier alpha value is -3.48. The van der Waals surface area contributed by atoms with Gasteiger partial charge in [0, 0.05) is 24.7 Å². The number of esters is 1. The summed E-state index contributed by atoms with van der Waals surface area (Å²) < 4.78 is 7.01. The number of amides is 1. The van der Waals surface area contributed by atoms with Gasteiger partial charge in [0.15, 0.2) is 5.69 Å². The number of fused-ring (bicyclic) bond motifs is 1. The topological polar surface area (TPSA) is 77.3 Å². The molecule has 1 aliphatic rings. The highest BCUT2D eigenvalue weighted by Crippen LogP contribution is 2.27. The Balaban J connectivity index is 1.72. The van der Waals surface area contributed by atoms with E-state index in [-0.39, 0.29) is 18.2 Å². The minimum Gasteiger partial charge on any atom is -0.461 e. The van der Waals surface area contributed by atoms with E-state index in [0.717, 1.165) is 22.5 Å². The van der Waals surface area contributed by atoms with Crippen LogP contribution in [0.5, 0.6) is 0 Å². The van der Waals surface area contributed by atoms with Crippen LogP contribution in [0.4, 0.5) is 0 Å². The van der Waals surface area contributed by atoms with E-state index < -0.39 is 5.97 Å². The first-order chi connectivity index (χ1) is 14.1. The van der Waals surface area contributed by atoms with Crippen molar-refractivity contribution < 1.29 is 14.3 Å². The minimum atomic E-state index is -0.471. The number of rotatable bonds is 4. The SMILES string of the molecule is CCOC(=O)c1nn(-c2ccc(C)cc2)c2c1CN(C(=O)c1ccccn1)CC2. The Labute approximate surface area is 168 Å². The van der Waals surface area contributed by atoms with E-state index in [0.29, 0.717) is 25.2 Å². The third kappa shape index (κ3) is 3.63. The van der Waals surface area contributed by atoms with Gasteiger partial charge in [-0.3, -0.25) is 9.78 Å². The lowest BCUT2D eigenvalue weighted by atomic mass is 10.0. The fourth-order valence-corrected chi connectivity index (χ4v) is 3.51. The fourth-order valence-electron chi connectivity index (χ4n) is 3.51. The van der Waals surface area contributed by atoms with Crippen LogP contribution >= 0.6 is 0 Å². The van der Waals surface area contributed by atoms with Gasteiger partial charge in [0.05, 0.1) is 24.5 Å². The molecule has 148 valence electrons. The van der Waals surface area contributed by atoms with E-state index in [1.54, 1.807) is 40.9 Å². The van der Waals surface area contributed by atoms with Crippen molar-refractivity contribution in [2.75, 3.05) is 13.2 Å². The van der Waals surface area contributed by atoms with E-state index in [9.17, 15) is 9.59 Å². The summed E-state index contributed by atoms with van der Waals surface area (Å²) in [5.74, 6) is -0.629. The Morgan fingerprint density at radius 3 is 2.62 bits per heavy atom. The third-order valence-electron chi connectivity index (χ3n) is 4.98. The normalized spacial score (nSPS) is 13.1. The van der Waals surface area contributed by atoms with Crippen LogP contribution in [0, 0.1) is 6.92 Å². The molecule has 1 aliphatic heterocycles. The molecule has 4 rings (SSSR count). The molecule has 3 aromatic rings. The second kappa shape index (κ2) is 7.87. The maximum absolute atomic E-state index is 12.9. The van der Waals surface area contributed by atoms with Crippen LogP contribution < -0.4 is 0 Å². The van der Waals surface area contributed by atoms with E-state index >= 15 is 0 Å². The second-order valence-electron chi connectivity index (χ2n) is 6.93. The van der Waals surface area contributed by atoms with Crippen molar-refractivity contribution in [2.24, 2.45) is 0 Å². The Bertz CT molecular complexity index is 1040. The Morgan fingerprint density at radius 1 is 1.14 bits per heavy atom. The summed E-state index contributed by atoms with van der Waals surface area (Å²) in [5.41, 5.74) is 4.35. The van der Waals surface area contributed by atoms with E-state index in [4.69, 9.17) is 4.74 Å². The van der Waals surface area contributed by atoms with Gasteiger partial charge in [-0.1, -0.05) is 23.8 Å². The van der Waals surface area contributed by atoms with Crippen molar-refractivity contribution in [1.82, 2.24) is 19.7 Å². The molecule has 0 radical (unpaired) electrons. The summed E-state index contributed by atoms with van der Waals surface area (Å²) >= 11 is 0. The maximum Gasteiger partial charge on any atom is 0.359 e. The smallest absolute Gasteiger partial charge is 0.359 e. The van der Waals surface area contributed by atoms with Crippen LogP contribution in [0.2, 0.25) is 0 Å². The van der Waals surface area contributed by atoms with Gasteiger partial charge in [-0.2, -0.15) is 5.10 Å². The first-order valence-electron chi connectivity index (χ1n) is 9.63. The molecule has 1 amide bonds. The molecule has 7 heteroatoms. The standard InChI is InChI=1S/C22H22N4O3/c1-3-29-22(28)20-17-14-25(21(27)18-6-4-5-12-23-18)13-11-19(17)26(24-20)16-9-7-15(2)8-10-16/h4-10,12H,3,11,13-14H2,1-2H3. The van der Waals surface area contributed by atoms with Gasteiger partial charge >= 0.3 is 5.97 Å². The van der Waals surface area contributed by atoms with Crippen molar-refractivity contribution in [2.45, 2.75) is 26.8 Å². The lowest BCUT2D eigenvalue weighted by Crippen LogP contribution is -2.37. The van der Waals surface area contributed by atoms with Gasteiger partial charge in [0.25, 0.3) is 5.91 Å². The van der Waals surface area contributed by atoms with E-state index in [1.807, 2.05) is 31.2 Å². The zero-order valence-electron chi connectivity index (χ0n) is 16.5. The zero-order chi connectivity index (χ0) is 20.4. The van der Waals surface area contributed by atoms with Crippen LogP contribution in [0.1, 0.15) is 44.7 Å². The molecule has 1 aromatic carbocycles. The number of pyridine rings is 1. The number of ether oxygens (including phenoxy) is 1. The number of carbonyl (C=O) groups is 2. The van der Waals surface area contributed by atoms with Crippen LogP contribution in [-0.2, 0) is 17.7 Å². The first-order valence-corrected chi connectivity index (χ1v) is 9.63. The molecule has 0 fully saturated rings. The summed E-state index contributed by atoms with van der Waals surface area (Å²) in [6, 6.07) is 13.2. The van der Waals surface area contributed by atoms with Crippen LogP contribution in [0.15, 0.2) is 48.7 Å². The fraction of sp³-hybridized carbons (Fsp3) is 0.273. The van der Waals surface area contributed by atoms with Gasteiger partial charge in [0.1, 0.15) is 5.69 Å². The minimum absolute atomic E-state index is 0.158. The number of hydrogen-bond acceptors (Lipinski definition) is 5. The molecule has 29 heavy (non-hydrogen) atoms. The monoisotopic (exact) mass is 390 g/mol. The van der Waals surface area contributed by atoms with Crippen molar-refractivity contribution in [3.8, 4) is 5.69 Å². The van der Waals surface area contributed by atoms with Gasteiger partial charge in [0.2, 0.25) is 0 Å². The summed E-state index contributed by atoms with van der Waals surface area (Å²) in [6.45, 7) is 4.88. The molecule has 0 saturated heterocycles. The zero-order valence-corrected chi connectivity index (χ0v) is 16.5. The van der Waals surface area contributed by atoms with Crippen LogP contribution in [0.25, 0.3) is 5.69 Å². The predicted octanol–water partition coefficient (Wildman–Crippen LogP) is 2.95. The van der Waals surface area contributed by atoms with Gasteiger partial charge < -0.3 is 9.64 Å². The Morgan fingerprint density at radius 2 is 1.93 bits per heavy atom. The number of aryl methyl sites for hydroxylation is 1. The molecule has 0 unspecified atom stereocenters. The summed E-state index contributed by atoms with van der Waals surface area (Å²) in [4.78, 5) is 31.3. The summed E-state index contributed by atoms with van der Waals surface area (Å²) in [7, 11) is 0. The predicted molar refractivity (Wildman–Crippen MR) is 107 cm³/mol. The molecular formula is C22H22N4O3. The maximum atomic E-state index is 12.9. The molecule has 0 aliphatic carbocycles. The molecule has 0 spiro atoms. The Kier molecular flexibility index (Phi) is 5.12. The lowest BCUT2D eigenvalue weighted by Gasteiger charge is -2.27. The van der Waals surface area contributed by atoms with E-state index in [2.05, 4.69) is 10.1 Å². The second-order valence-corrected chi connectivity index (χ2v) is 6.93. The highest BCUT2D eigenvalue weighted by Gasteiger charge is 2.31. The number of aromatic nitrogens is 3. The number of hydrogen-bond donors (Lipinski definition) is 0. The van der Waals surface area contributed by atoms with E-state index in [1.165, 1.54) is 0 Å². The molecule has 7 nitrogen and oxygen atoms in total. The summed E-state index contributed by atoms with van der Waals surface area (Å²) in [6.07, 6.45) is 2.19. The lowest BCUT2D eigenvalue weighted by molar-refractivity contribution is 0.0513. The van der Waals surface area contributed by atoms with Gasteiger partial charge in [-0.15, -0.1) is 0 Å². The van der Waals surface area contributed by atoms with Crippen molar-refractivity contribution in [1.29, 1.82) is 0 Å². The average molecular weight is 390 g/mol. The molecule has 0 N–H and O–H groups in total. The van der Waals surface area contributed by atoms with Crippen molar-refractivity contribution >= 4 is 11.9 Å². The number of carbonyl (C=O) groups excluding carboxylic acids is 2. The number of benzene rings is 1. The highest BCUT2D eigenvalue weighted by molar-refractivity contribution is 5.93. The largest absolute Gasteiger partial charge is 0.461 e. The van der Waals surface area contributed by atoms with Crippen molar-refractivity contribution in [3.05, 3.63) is 76.9 Å². The molecule has 2 aromatic heterocycles. The molecule has 3 heterocycles. The third-order valence-corrected chi connectivity index (χ3v) is 4.98. The van der Waals surface area contributed by atoms with Gasteiger partial charge in [-0.25, -0.2) is 9.48 Å². The molecular weight excluding hydrogens is 368 g/mol. The summed E-state index contributed by atoms with van der Waals surface area (Å²) in [5, 5.41) is 4.57. The average Bonchev–Trinajstić information content (AvgIpc) is 3.13. The van der Waals surface area contributed by atoms with Crippen LogP contribution in [-0.4, -0.2) is 44.7 Å².